The van der Waals surface area contributed by atoms with Crippen LogP contribution in [0.2, 0.25) is 5.02 Å². The predicted octanol–water partition coefficient (Wildman–Crippen LogP) is 2.67. The number of benzene rings is 1. The number of hydrogen-bond donors (Lipinski definition) is 1. The van der Waals surface area contributed by atoms with E-state index in [2.05, 4.69) is 5.32 Å². The molecule has 3 nitrogen and oxygen atoms in total. The van der Waals surface area contributed by atoms with Crippen LogP contribution in [0.3, 0.4) is 0 Å². The number of carbonyl (C=O) groups excluding carboxylic acids is 1. The maximum atomic E-state index is 12.6. The van der Waals surface area contributed by atoms with E-state index in [4.69, 9.17) is 16.3 Å². The molecule has 3 aliphatic rings. The number of nitrogens with one attached hydrogen (secondary N) is 1. The lowest BCUT2D eigenvalue weighted by Crippen LogP contribution is -2.55. The minimum absolute atomic E-state index is 0.190. The second kappa shape index (κ2) is 4.47. The van der Waals surface area contributed by atoms with E-state index < -0.39 is 0 Å². The van der Waals surface area contributed by atoms with Crippen LogP contribution >= 0.6 is 11.6 Å². The topological polar surface area (TPSA) is 38.3 Å². The fraction of sp³-hybridized carbons (Fsp3) is 0.562. The van der Waals surface area contributed by atoms with E-state index in [0.29, 0.717) is 18.1 Å². The van der Waals surface area contributed by atoms with Crippen molar-refractivity contribution in [2.75, 3.05) is 6.61 Å². The number of amides is 1. The summed E-state index contributed by atoms with van der Waals surface area (Å²) in [7, 11) is 0. The van der Waals surface area contributed by atoms with Gasteiger partial charge in [-0.25, -0.2) is 0 Å². The summed E-state index contributed by atoms with van der Waals surface area (Å²) in [6.07, 6.45) is 4.35. The third-order valence-corrected chi connectivity index (χ3v) is 5.41. The highest BCUT2D eigenvalue weighted by atomic mass is 35.5. The molecule has 1 aliphatic heterocycles. The zero-order valence-electron chi connectivity index (χ0n) is 11.3. The Hall–Kier alpha value is -1.06. The van der Waals surface area contributed by atoms with Gasteiger partial charge in [-0.15, -0.1) is 0 Å². The molecule has 1 heterocycles. The number of carbonyl (C=O) groups is 1. The van der Waals surface area contributed by atoms with Gasteiger partial charge in [0.2, 0.25) is 5.91 Å². The summed E-state index contributed by atoms with van der Waals surface area (Å²) in [6, 6.07) is 8.02. The summed E-state index contributed by atoms with van der Waals surface area (Å²) in [4.78, 5) is 12.6. The van der Waals surface area contributed by atoms with Gasteiger partial charge in [0, 0.05) is 23.6 Å². The standard InChI is InChI=1S/C16H18ClNO2/c17-11-3-1-10(2-4-11)16(6-7-16)15(19)18-13-9-14-12(13)5-8-20-14/h1-4,12-14H,5-9H2,(H,18,19)/t12-,13+,14+/m0/s1. The summed E-state index contributed by atoms with van der Waals surface area (Å²) in [5, 5.41) is 3.97. The lowest BCUT2D eigenvalue weighted by molar-refractivity contribution is -0.126. The first-order valence-corrected chi connectivity index (χ1v) is 7.75. The molecule has 0 aromatic heterocycles. The molecule has 3 fully saturated rings. The molecule has 1 aromatic rings. The molecule has 1 amide bonds. The molecule has 4 heteroatoms. The van der Waals surface area contributed by atoms with Crippen LogP contribution in [0.25, 0.3) is 0 Å². The van der Waals surface area contributed by atoms with Crippen LogP contribution in [0.1, 0.15) is 31.2 Å². The van der Waals surface area contributed by atoms with Crippen LogP contribution < -0.4 is 5.32 Å². The van der Waals surface area contributed by atoms with E-state index in [0.717, 1.165) is 42.9 Å². The Labute approximate surface area is 123 Å². The molecule has 1 saturated heterocycles. The predicted molar refractivity (Wildman–Crippen MR) is 76.8 cm³/mol. The monoisotopic (exact) mass is 291 g/mol. The molecular formula is C16H18ClNO2. The van der Waals surface area contributed by atoms with Crippen LogP contribution in [-0.2, 0) is 14.9 Å². The largest absolute Gasteiger partial charge is 0.378 e. The molecule has 1 N–H and O–H groups in total. The Balaban J connectivity index is 1.46. The van der Waals surface area contributed by atoms with E-state index >= 15 is 0 Å². The van der Waals surface area contributed by atoms with Crippen molar-refractivity contribution in [1.82, 2.24) is 5.32 Å². The summed E-state index contributed by atoms with van der Waals surface area (Å²) in [5.41, 5.74) is 0.799. The minimum atomic E-state index is -0.296. The molecular weight excluding hydrogens is 274 g/mol. The van der Waals surface area contributed by atoms with Crippen molar-refractivity contribution in [3.05, 3.63) is 34.9 Å². The van der Waals surface area contributed by atoms with Crippen molar-refractivity contribution in [2.24, 2.45) is 5.92 Å². The van der Waals surface area contributed by atoms with Gasteiger partial charge in [-0.1, -0.05) is 23.7 Å². The van der Waals surface area contributed by atoms with Crippen LogP contribution in [0, 0.1) is 5.92 Å². The summed E-state index contributed by atoms with van der Waals surface area (Å²) >= 11 is 5.92. The molecule has 0 radical (unpaired) electrons. The van der Waals surface area contributed by atoms with Gasteiger partial charge in [0.25, 0.3) is 0 Å². The van der Waals surface area contributed by atoms with E-state index in [1.54, 1.807) is 0 Å². The fourth-order valence-electron chi connectivity index (χ4n) is 3.61. The first kappa shape index (κ1) is 12.7. The summed E-state index contributed by atoms with van der Waals surface area (Å²) in [6.45, 7) is 0.851. The molecule has 0 unspecified atom stereocenters. The van der Waals surface area contributed by atoms with Gasteiger partial charge >= 0.3 is 0 Å². The molecule has 0 bridgehead atoms. The fourth-order valence-corrected chi connectivity index (χ4v) is 3.74. The van der Waals surface area contributed by atoms with Crippen molar-refractivity contribution >= 4 is 17.5 Å². The molecule has 20 heavy (non-hydrogen) atoms. The smallest absolute Gasteiger partial charge is 0.230 e. The molecule has 3 atom stereocenters. The van der Waals surface area contributed by atoms with Crippen molar-refractivity contribution in [3.8, 4) is 0 Å². The maximum absolute atomic E-state index is 12.6. The maximum Gasteiger partial charge on any atom is 0.230 e. The Kier molecular flexibility index (Phi) is 2.83. The lowest BCUT2D eigenvalue weighted by Gasteiger charge is -2.40. The van der Waals surface area contributed by atoms with Crippen molar-refractivity contribution in [2.45, 2.75) is 43.2 Å². The van der Waals surface area contributed by atoms with Crippen LogP contribution in [0.5, 0.6) is 0 Å². The van der Waals surface area contributed by atoms with Gasteiger partial charge in [0.15, 0.2) is 0 Å². The highest BCUT2D eigenvalue weighted by Crippen LogP contribution is 2.49. The molecule has 2 saturated carbocycles. The second-order valence-electron chi connectivity index (χ2n) is 6.27. The van der Waals surface area contributed by atoms with Gasteiger partial charge in [0.05, 0.1) is 11.5 Å². The Morgan fingerprint density at radius 3 is 2.70 bits per heavy atom. The Bertz CT molecular complexity index is 538. The van der Waals surface area contributed by atoms with Crippen LogP contribution in [0.15, 0.2) is 24.3 Å². The third-order valence-electron chi connectivity index (χ3n) is 5.16. The van der Waals surface area contributed by atoms with Gasteiger partial charge in [-0.2, -0.15) is 0 Å². The van der Waals surface area contributed by atoms with Gasteiger partial charge in [-0.3, -0.25) is 4.79 Å². The quantitative estimate of drug-likeness (QED) is 0.930. The molecule has 106 valence electrons. The Morgan fingerprint density at radius 1 is 1.30 bits per heavy atom. The second-order valence-corrected chi connectivity index (χ2v) is 6.70. The third kappa shape index (κ3) is 1.87. The molecule has 4 rings (SSSR count). The van der Waals surface area contributed by atoms with Crippen LogP contribution in [-0.4, -0.2) is 24.7 Å². The van der Waals surface area contributed by atoms with Crippen molar-refractivity contribution in [3.63, 3.8) is 0 Å². The average Bonchev–Trinajstić information content (AvgIpc) is 3.15. The van der Waals surface area contributed by atoms with Crippen molar-refractivity contribution in [1.29, 1.82) is 0 Å². The van der Waals surface area contributed by atoms with E-state index in [-0.39, 0.29) is 11.3 Å². The van der Waals surface area contributed by atoms with E-state index in [1.165, 1.54) is 0 Å². The van der Waals surface area contributed by atoms with Gasteiger partial charge in [-0.05, 0) is 43.4 Å². The summed E-state index contributed by atoms with van der Waals surface area (Å²) < 4.78 is 5.60. The number of fused-ring (bicyclic) bond motifs is 1. The summed E-state index contributed by atoms with van der Waals surface area (Å²) in [5.74, 6) is 0.732. The van der Waals surface area contributed by atoms with Gasteiger partial charge < -0.3 is 10.1 Å². The van der Waals surface area contributed by atoms with Crippen molar-refractivity contribution < 1.29 is 9.53 Å². The molecule has 0 spiro atoms. The highest BCUT2D eigenvalue weighted by molar-refractivity contribution is 6.30. The SMILES string of the molecule is O=C(N[C@@H]1C[C@H]2OCC[C@@H]12)C1(c2ccc(Cl)cc2)CC1. The normalized spacial score (nSPS) is 33.1. The number of halogens is 1. The zero-order chi connectivity index (χ0) is 13.7. The number of hydrogen-bond acceptors (Lipinski definition) is 2. The van der Waals surface area contributed by atoms with E-state index in [9.17, 15) is 4.79 Å². The Morgan fingerprint density at radius 2 is 2.05 bits per heavy atom. The number of ether oxygens (including phenoxy) is 1. The van der Waals surface area contributed by atoms with Crippen LogP contribution in [0.4, 0.5) is 0 Å². The first-order valence-electron chi connectivity index (χ1n) is 7.38. The highest BCUT2D eigenvalue weighted by Gasteiger charge is 2.54. The lowest BCUT2D eigenvalue weighted by atomic mass is 9.76. The van der Waals surface area contributed by atoms with E-state index in [1.807, 2.05) is 24.3 Å². The number of rotatable bonds is 3. The molecule has 1 aromatic carbocycles. The zero-order valence-corrected chi connectivity index (χ0v) is 12.0. The molecule has 2 aliphatic carbocycles. The minimum Gasteiger partial charge on any atom is -0.378 e. The van der Waals surface area contributed by atoms with Gasteiger partial charge in [0.1, 0.15) is 0 Å². The average molecular weight is 292 g/mol. The first-order chi connectivity index (χ1) is 9.69.